The van der Waals surface area contributed by atoms with Crippen LogP contribution in [-0.2, 0) is 6.42 Å². The summed E-state index contributed by atoms with van der Waals surface area (Å²) in [5.74, 6) is 0. The summed E-state index contributed by atoms with van der Waals surface area (Å²) in [6, 6.07) is 32.7. The molecule has 0 N–H and O–H groups in total. The third-order valence-corrected chi connectivity index (χ3v) is 8.79. The molecule has 1 aliphatic rings. The molecule has 7 aromatic rings. The van der Waals surface area contributed by atoms with Crippen LogP contribution in [0.1, 0.15) is 17.5 Å². The first-order valence-electron chi connectivity index (χ1n) is 12.7. The van der Waals surface area contributed by atoms with E-state index in [0.717, 1.165) is 35.1 Å². The second-order valence-corrected chi connectivity index (χ2v) is 10.7. The summed E-state index contributed by atoms with van der Waals surface area (Å²) in [6.45, 7) is 0. The first-order chi connectivity index (χ1) is 18.3. The Morgan fingerprint density at radius 1 is 0.676 bits per heavy atom. The number of benzene rings is 5. The van der Waals surface area contributed by atoms with Crippen molar-refractivity contribution in [1.29, 1.82) is 0 Å². The van der Waals surface area contributed by atoms with Crippen LogP contribution >= 0.6 is 11.3 Å². The number of fused-ring (bicyclic) bond motifs is 9. The number of aromatic nitrogens is 2. The molecule has 2 nitrogen and oxygen atoms in total. The minimum absolute atomic E-state index is 0.911. The van der Waals surface area contributed by atoms with E-state index < -0.39 is 0 Å². The lowest BCUT2D eigenvalue weighted by Gasteiger charge is -2.17. The fraction of sp³-hybridized carbons (Fsp3) is 0.0588. The predicted octanol–water partition coefficient (Wildman–Crippen LogP) is 9.44. The predicted molar refractivity (Wildman–Crippen MR) is 158 cm³/mol. The maximum atomic E-state index is 5.23. The van der Waals surface area contributed by atoms with Gasteiger partial charge < -0.3 is 0 Å². The van der Waals surface area contributed by atoms with Crippen LogP contribution in [-0.4, -0.2) is 9.97 Å². The van der Waals surface area contributed by atoms with Gasteiger partial charge in [0.2, 0.25) is 0 Å². The molecule has 0 fully saturated rings. The second kappa shape index (κ2) is 8.09. The van der Waals surface area contributed by atoms with Crippen LogP contribution in [0.15, 0.2) is 103 Å². The zero-order chi connectivity index (χ0) is 24.3. The summed E-state index contributed by atoms with van der Waals surface area (Å²) in [5.41, 5.74) is 9.13. The number of allylic oxidation sites excluding steroid dienone is 1. The van der Waals surface area contributed by atoms with Gasteiger partial charge >= 0.3 is 0 Å². The molecule has 0 atom stereocenters. The monoisotopic (exact) mass is 490 g/mol. The highest BCUT2D eigenvalue weighted by Gasteiger charge is 2.18. The van der Waals surface area contributed by atoms with Crippen molar-refractivity contribution in [2.24, 2.45) is 0 Å². The van der Waals surface area contributed by atoms with E-state index in [9.17, 15) is 0 Å². The smallest absolute Gasteiger partial charge is 0.0975 e. The van der Waals surface area contributed by atoms with Gasteiger partial charge in [0.25, 0.3) is 0 Å². The number of rotatable bonds is 2. The van der Waals surface area contributed by atoms with Crippen LogP contribution in [0, 0.1) is 0 Å². The van der Waals surface area contributed by atoms with Gasteiger partial charge in [0, 0.05) is 31.1 Å². The van der Waals surface area contributed by atoms with E-state index in [1.54, 1.807) is 0 Å². The molecule has 37 heavy (non-hydrogen) atoms. The van der Waals surface area contributed by atoms with Gasteiger partial charge in [-0.1, -0.05) is 91.0 Å². The van der Waals surface area contributed by atoms with Crippen molar-refractivity contribution in [3.8, 4) is 22.4 Å². The Morgan fingerprint density at radius 2 is 1.46 bits per heavy atom. The average Bonchev–Trinajstić information content (AvgIpc) is 3.36. The fourth-order valence-corrected chi connectivity index (χ4v) is 7.08. The van der Waals surface area contributed by atoms with Crippen molar-refractivity contribution < 1.29 is 0 Å². The van der Waals surface area contributed by atoms with Crippen molar-refractivity contribution in [2.75, 3.05) is 0 Å². The number of thiophene rings is 1. The van der Waals surface area contributed by atoms with E-state index in [4.69, 9.17) is 9.97 Å². The molecule has 2 aromatic heterocycles. The van der Waals surface area contributed by atoms with Gasteiger partial charge in [0.05, 0.1) is 22.9 Å². The summed E-state index contributed by atoms with van der Waals surface area (Å²) in [4.78, 5) is 10.2. The summed E-state index contributed by atoms with van der Waals surface area (Å²) in [5, 5.41) is 5.08. The molecule has 0 spiro atoms. The molecule has 0 radical (unpaired) electrons. The van der Waals surface area contributed by atoms with Crippen LogP contribution in [0.5, 0.6) is 0 Å². The standard InChI is InChI=1S/C34H22N2S/c1-3-14-27-24(11-1)25-12-2-4-15-28(25)33-32(27)35-20-30(36-33)22-10-7-9-21(19-22)23-16-8-17-29-26-13-5-6-18-31(26)37-34(23)29/h1-2,4-13,15-20H,3,14H2. The first kappa shape index (κ1) is 20.8. The number of nitrogens with zero attached hydrogens (tertiary/aromatic N) is 2. The van der Waals surface area contributed by atoms with Crippen LogP contribution in [0.3, 0.4) is 0 Å². The zero-order valence-corrected chi connectivity index (χ0v) is 20.9. The van der Waals surface area contributed by atoms with Gasteiger partial charge in [-0.2, -0.15) is 0 Å². The molecule has 0 unspecified atom stereocenters. The van der Waals surface area contributed by atoms with Crippen molar-refractivity contribution in [3.63, 3.8) is 0 Å². The molecule has 1 aliphatic carbocycles. The van der Waals surface area contributed by atoms with Crippen LogP contribution < -0.4 is 0 Å². The molecule has 3 heteroatoms. The largest absolute Gasteiger partial charge is 0.252 e. The molecular weight excluding hydrogens is 468 g/mol. The molecule has 0 bridgehead atoms. The Balaban J connectivity index is 1.32. The van der Waals surface area contributed by atoms with Crippen LogP contribution in [0.2, 0.25) is 0 Å². The van der Waals surface area contributed by atoms with E-state index in [2.05, 4.69) is 103 Å². The van der Waals surface area contributed by atoms with Gasteiger partial charge in [0.15, 0.2) is 0 Å². The molecule has 5 aromatic carbocycles. The Morgan fingerprint density at radius 3 is 2.41 bits per heavy atom. The number of hydrogen-bond acceptors (Lipinski definition) is 3. The molecule has 0 saturated heterocycles. The molecule has 0 aliphatic heterocycles. The lowest BCUT2D eigenvalue weighted by molar-refractivity contribution is 0.993. The average molecular weight is 491 g/mol. The number of aryl methyl sites for hydroxylation is 1. The van der Waals surface area contributed by atoms with Crippen molar-refractivity contribution in [1.82, 2.24) is 9.97 Å². The molecule has 0 saturated carbocycles. The normalized spacial score (nSPS) is 13.1. The number of hydrogen-bond donors (Lipinski definition) is 0. The van der Waals surface area contributed by atoms with Crippen LogP contribution in [0.25, 0.3) is 70.4 Å². The first-order valence-corrected chi connectivity index (χ1v) is 13.5. The van der Waals surface area contributed by atoms with Gasteiger partial charge in [-0.15, -0.1) is 11.3 Å². The molecule has 174 valence electrons. The molecular formula is C34H22N2S. The molecule has 8 rings (SSSR count). The zero-order valence-electron chi connectivity index (χ0n) is 20.1. The molecule has 0 amide bonds. The highest BCUT2D eigenvalue weighted by Crippen LogP contribution is 2.41. The third kappa shape index (κ3) is 3.18. The van der Waals surface area contributed by atoms with Crippen molar-refractivity contribution >= 4 is 59.4 Å². The van der Waals surface area contributed by atoms with Gasteiger partial charge in [0.1, 0.15) is 0 Å². The fourth-order valence-electron chi connectivity index (χ4n) is 5.84. The van der Waals surface area contributed by atoms with Gasteiger partial charge in [-0.3, -0.25) is 4.98 Å². The Hall–Kier alpha value is -4.34. The topological polar surface area (TPSA) is 25.8 Å². The van der Waals surface area contributed by atoms with Gasteiger partial charge in [-0.25, -0.2) is 4.98 Å². The minimum atomic E-state index is 0.911. The maximum absolute atomic E-state index is 5.23. The second-order valence-electron chi connectivity index (χ2n) is 9.69. The summed E-state index contributed by atoms with van der Waals surface area (Å²) in [7, 11) is 0. The summed E-state index contributed by atoms with van der Waals surface area (Å²) < 4.78 is 2.66. The molecule has 2 heterocycles. The van der Waals surface area contributed by atoms with Crippen LogP contribution in [0.4, 0.5) is 0 Å². The lowest BCUT2D eigenvalue weighted by atomic mass is 9.90. The van der Waals surface area contributed by atoms with Gasteiger partial charge in [-0.05, 0) is 52.6 Å². The van der Waals surface area contributed by atoms with E-state index in [0.29, 0.717) is 0 Å². The minimum Gasteiger partial charge on any atom is -0.252 e. The highest BCUT2D eigenvalue weighted by atomic mass is 32.1. The summed E-state index contributed by atoms with van der Waals surface area (Å²) >= 11 is 1.87. The van der Waals surface area contributed by atoms with Crippen molar-refractivity contribution in [3.05, 3.63) is 114 Å². The highest BCUT2D eigenvalue weighted by molar-refractivity contribution is 7.26. The summed E-state index contributed by atoms with van der Waals surface area (Å²) in [6.07, 6.45) is 8.54. The third-order valence-electron chi connectivity index (χ3n) is 7.57. The van der Waals surface area contributed by atoms with E-state index in [1.165, 1.54) is 53.2 Å². The van der Waals surface area contributed by atoms with E-state index >= 15 is 0 Å². The Labute approximate surface area is 218 Å². The quantitative estimate of drug-likeness (QED) is 0.226. The van der Waals surface area contributed by atoms with Crippen molar-refractivity contribution in [2.45, 2.75) is 12.8 Å². The SMILES string of the molecule is C1=Cc2c(c3ncc(-c4cccc(-c5cccc6c5sc5ccccc56)c4)nc3c3ccccc23)CC1. The lowest BCUT2D eigenvalue weighted by Crippen LogP contribution is -2.01. The maximum Gasteiger partial charge on any atom is 0.0975 e. The Kier molecular flexibility index (Phi) is 4.55. The van der Waals surface area contributed by atoms with E-state index in [1.807, 2.05) is 17.5 Å². The van der Waals surface area contributed by atoms with E-state index in [-0.39, 0.29) is 0 Å². The Bertz CT molecular complexity index is 2050.